The molecule has 1 atom stereocenters. The molecule has 1 aromatic rings. The third-order valence-electron chi connectivity index (χ3n) is 4.62. The summed E-state index contributed by atoms with van der Waals surface area (Å²) in [5.74, 6) is 0.0735. The zero-order valence-corrected chi connectivity index (χ0v) is 11.7. The minimum atomic E-state index is -4.37. The Labute approximate surface area is 121 Å². The van der Waals surface area contributed by atoms with Crippen LogP contribution in [0.1, 0.15) is 49.3 Å². The van der Waals surface area contributed by atoms with Gasteiger partial charge in [0.2, 0.25) is 5.91 Å². The summed E-state index contributed by atoms with van der Waals surface area (Å²) < 4.78 is 39.5. The molecule has 1 heterocycles. The van der Waals surface area contributed by atoms with Gasteiger partial charge in [-0.3, -0.25) is 4.79 Å². The number of hydrogen-bond acceptors (Lipinski definition) is 1. The van der Waals surface area contributed by atoms with Crippen molar-refractivity contribution in [3.8, 4) is 0 Å². The van der Waals surface area contributed by atoms with Gasteiger partial charge in [0.05, 0.1) is 11.6 Å². The molecule has 1 aromatic carbocycles. The number of rotatable bonds is 2. The molecule has 1 saturated carbocycles. The van der Waals surface area contributed by atoms with Gasteiger partial charge in [-0.05, 0) is 37.3 Å². The van der Waals surface area contributed by atoms with Crippen LogP contribution in [0.4, 0.5) is 13.2 Å². The Morgan fingerprint density at radius 2 is 1.81 bits per heavy atom. The second kappa shape index (κ2) is 5.35. The van der Waals surface area contributed by atoms with Crippen molar-refractivity contribution < 1.29 is 18.0 Å². The summed E-state index contributed by atoms with van der Waals surface area (Å²) in [5, 5.41) is 0. The number of carbonyl (C=O) groups excluding carboxylic acids is 1. The lowest BCUT2D eigenvalue weighted by molar-refractivity contribution is -0.142. The van der Waals surface area contributed by atoms with Crippen LogP contribution in [0, 0.1) is 5.92 Å². The van der Waals surface area contributed by atoms with Gasteiger partial charge < -0.3 is 4.90 Å². The lowest BCUT2D eigenvalue weighted by Crippen LogP contribution is -2.38. The Hall–Kier alpha value is -1.52. The van der Waals surface area contributed by atoms with Crippen molar-refractivity contribution in [2.24, 2.45) is 5.92 Å². The van der Waals surface area contributed by atoms with Crippen LogP contribution in [-0.4, -0.2) is 17.4 Å². The number of amides is 1. The van der Waals surface area contributed by atoms with E-state index >= 15 is 0 Å². The van der Waals surface area contributed by atoms with Crippen molar-refractivity contribution in [2.75, 3.05) is 6.54 Å². The minimum absolute atomic E-state index is 0.0312. The molecule has 0 radical (unpaired) electrons. The van der Waals surface area contributed by atoms with E-state index in [1.807, 2.05) is 0 Å². The highest BCUT2D eigenvalue weighted by Gasteiger charge is 2.40. The van der Waals surface area contributed by atoms with Gasteiger partial charge in [-0.25, -0.2) is 0 Å². The lowest BCUT2D eigenvalue weighted by Gasteiger charge is -2.33. The SMILES string of the molecule is O=C(C1CCC1)N1CCCC1c1ccccc1C(F)(F)F. The molecular formula is C16H18F3NO. The van der Waals surface area contributed by atoms with Crippen LogP contribution < -0.4 is 0 Å². The van der Waals surface area contributed by atoms with E-state index in [0.29, 0.717) is 13.0 Å². The van der Waals surface area contributed by atoms with E-state index in [4.69, 9.17) is 0 Å². The number of carbonyl (C=O) groups is 1. The number of hydrogen-bond donors (Lipinski definition) is 0. The molecule has 114 valence electrons. The summed E-state index contributed by atoms with van der Waals surface area (Å²) in [7, 11) is 0. The van der Waals surface area contributed by atoms with Gasteiger partial charge in [-0.2, -0.15) is 13.2 Å². The molecule has 5 heteroatoms. The predicted molar refractivity (Wildman–Crippen MR) is 72.5 cm³/mol. The van der Waals surface area contributed by atoms with Crippen molar-refractivity contribution in [1.82, 2.24) is 4.90 Å². The summed E-state index contributed by atoms with van der Waals surface area (Å²) in [5.41, 5.74) is -0.363. The Bertz CT molecular complexity index is 537. The van der Waals surface area contributed by atoms with E-state index in [1.165, 1.54) is 12.1 Å². The Kier molecular flexibility index (Phi) is 3.68. The fourth-order valence-corrected chi connectivity index (χ4v) is 3.29. The molecular weight excluding hydrogens is 279 g/mol. The number of alkyl halides is 3. The number of nitrogens with zero attached hydrogens (tertiary/aromatic N) is 1. The standard InChI is InChI=1S/C16H18F3NO/c17-16(18,19)13-8-2-1-7-12(13)14-9-4-10-20(14)15(21)11-5-3-6-11/h1-2,7-8,11,14H,3-6,9-10H2. The van der Waals surface area contributed by atoms with Gasteiger partial charge in [0.1, 0.15) is 0 Å². The molecule has 0 spiro atoms. The highest BCUT2D eigenvalue weighted by molar-refractivity contribution is 5.80. The Morgan fingerprint density at radius 1 is 1.10 bits per heavy atom. The number of halogens is 3. The molecule has 1 aliphatic carbocycles. The zero-order chi connectivity index (χ0) is 15.0. The van der Waals surface area contributed by atoms with E-state index in [1.54, 1.807) is 11.0 Å². The second-order valence-electron chi connectivity index (χ2n) is 5.90. The van der Waals surface area contributed by atoms with Crippen LogP contribution in [0.3, 0.4) is 0 Å². The van der Waals surface area contributed by atoms with Crippen molar-refractivity contribution in [3.05, 3.63) is 35.4 Å². The first-order valence-corrected chi connectivity index (χ1v) is 7.45. The molecule has 2 fully saturated rings. The molecule has 0 aromatic heterocycles. The van der Waals surface area contributed by atoms with Crippen LogP contribution in [-0.2, 0) is 11.0 Å². The van der Waals surface area contributed by atoms with Crippen LogP contribution in [0.5, 0.6) is 0 Å². The molecule has 1 aliphatic heterocycles. The van der Waals surface area contributed by atoms with Crippen molar-refractivity contribution in [3.63, 3.8) is 0 Å². The van der Waals surface area contributed by atoms with Gasteiger partial charge in [0.15, 0.2) is 0 Å². The van der Waals surface area contributed by atoms with Gasteiger partial charge in [-0.15, -0.1) is 0 Å². The van der Waals surface area contributed by atoms with Crippen molar-refractivity contribution >= 4 is 5.91 Å². The third-order valence-corrected chi connectivity index (χ3v) is 4.62. The van der Waals surface area contributed by atoms with E-state index in [-0.39, 0.29) is 17.4 Å². The molecule has 2 aliphatic rings. The highest BCUT2D eigenvalue weighted by atomic mass is 19.4. The molecule has 0 bridgehead atoms. The summed E-state index contributed by atoms with van der Waals surface area (Å²) in [6.45, 7) is 0.576. The third kappa shape index (κ3) is 2.65. The smallest absolute Gasteiger partial charge is 0.335 e. The fourth-order valence-electron chi connectivity index (χ4n) is 3.29. The lowest BCUT2D eigenvalue weighted by atomic mass is 9.84. The Balaban J connectivity index is 1.90. The molecule has 2 nitrogen and oxygen atoms in total. The zero-order valence-electron chi connectivity index (χ0n) is 11.7. The molecule has 1 saturated heterocycles. The van der Waals surface area contributed by atoms with Crippen molar-refractivity contribution in [1.29, 1.82) is 0 Å². The van der Waals surface area contributed by atoms with Crippen molar-refractivity contribution in [2.45, 2.75) is 44.3 Å². The monoisotopic (exact) mass is 297 g/mol. The molecule has 21 heavy (non-hydrogen) atoms. The minimum Gasteiger partial charge on any atom is -0.335 e. The maximum atomic E-state index is 13.2. The predicted octanol–water partition coefficient (Wildman–Crippen LogP) is 4.17. The maximum Gasteiger partial charge on any atom is 0.416 e. The average molecular weight is 297 g/mol. The number of benzene rings is 1. The molecule has 0 N–H and O–H groups in total. The van der Waals surface area contributed by atoms with Gasteiger partial charge >= 0.3 is 6.18 Å². The highest BCUT2D eigenvalue weighted by Crippen LogP contribution is 2.42. The number of likely N-dealkylation sites (tertiary alicyclic amines) is 1. The van der Waals surface area contributed by atoms with E-state index < -0.39 is 17.8 Å². The molecule has 1 unspecified atom stereocenters. The van der Waals surface area contributed by atoms with E-state index in [9.17, 15) is 18.0 Å². The van der Waals surface area contributed by atoms with E-state index in [2.05, 4.69) is 0 Å². The molecule has 3 rings (SSSR count). The van der Waals surface area contributed by atoms with Crippen LogP contribution >= 0.6 is 0 Å². The van der Waals surface area contributed by atoms with Gasteiger partial charge in [-0.1, -0.05) is 24.6 Å². The van der Waals surface area contributed by atoms with E-state index in [0.717, 1.165) is 31.7 Å². The quantitative estimate of drug-likeness (QED) is 0.802. The van der Waals surface area contributed by atoms with Crippen LogP contribution in [0.15, 0.2) is 24.3 Å². The normalized spacial score (nSPS) is 23.2. The van der Waals surface area contributed by atoms with Crippen LogP contribution in [0.2, 0.25) is 0 Å². The summed E-state index contributed by atoms with van der Waals surface area (Å²) in [4.78, 5) is 14.1. The summed E-state index contributed by atoms with van der Waals surface area (Å²) in [6, 6.07) is 5.23. The topological polar surface area (TPSA) is 20.3 Å². The summed E-state index contributed by atoms with van der Waals surface area (Å²) >= 11 is 0. The average Bonchev–Trinajstić information content (AvgIpc) is 2.84. The van der Waals surface area contributed by atoms with Gasteiger partial charge in [0, 0.05) is 12.5 Å². The van der Waals surface area contributed by atoms with Gasteiger partial charge in [0.25, 0.3) is 0 Å². The largest absolute Gasteiger partial charge is 0.416 e. The maximum absolute atomic E-state index is 13.2. The summed E-state index contributed by atoms with van der Waals surface area (Å²) in [6.07, 6.45) is -0.175. The second-order valence-corrected chi connectivity index (χ2v) is 5.90. The Morgan fingerprint density at radius 3 is 2.43 bits per heavy atom. The first-order valence-electron chi connectivity index (χ1n) is 7.45. The van der Waals surface area contributed by atoms with Crippen LogP contribution in [0.25, 0.3) is 0 Å². The first-order chi connectivity index (χ1) is 9.98. The first kappa shape index (κ1) is 14.4. The molecule has 1 amide bonds. The fraction of sp³-hybridized carbons (Fsp3) is 0.562.